The SMILES string of the molecule is CCNc1cc(C)ccc1OC. The molecule has 0 aliphatic heterocycles. The zero-order valence-corrected chi connectivity index (χ0v) is 7.85. The number of methoxy groups -OCH3 is 1. The molecule has 66 valence electrons. The third-order valence-corrected chi connectivity index (χ3v) is 1.72. The number of nitrogens with one attached hydrogen (secondary N) is 1. The second kappa shape index (κ2) is 4.00. The Labute approximate surface area is 73.6 Å². The summed E-state index contributed by atoms with van der Waals surface area (Å²) in [4.78, 5) is 0. The van der Waals surface area contributed by atoms with Crippen LogP contribution in [0.4, 0.5) is 5.69 Å². The van der Waals surface area contributed by atoms with Gasteiger partial charge in [0.15, 0.2) is 0 Å². The fraction of sp³-hybridized carbons (Fsp3) is 0.400. The van der Waals surface area contributed by atoms with Crippen molar-refractivity contribution in [3.63, 3.8) is 0 Å². The van der Waals surface area contributed by atoms with Crippen LogP contribution < -0.4 is 10.1 Å². The number of rotatable bonds is 3. The molecular weight excluding hydrogens is 150 g/mol. The first-order chi connectivity index (χ1) is 5.77. The van der Waals surface area contributed by atoms with Crippen LogP contribution in [0.3, 0.4) is 0 Å². The third kappa shape index (κ3) is 1.91. The number of hydrogen-bond acceptors (Lipinski definition) is 2. The van der Waals surface area contributed by atoms with Crippen LogP contribution in [0.25, 0.3) is 0 Å². The van der Waals surface area contributed by atoms with Crippen molar-refractivity contribution in [3.05, 3.63) is 23.8 Å². The molecule has 0 bridgehead atoms. The standard InChI is InChI=1S/C10H15NO/c1-4-11-9-7-8(2)5-6-10(9)12-3/h5-7,11H,4H2,1-3H3. The summed E-state index contributed by atoms with van der Waals surface area (Å²) < 4.78 is 5.19. The molecule has 12 heavy (non-hydrogen) atoms. The van der Waals surface area contributed by atoms with Crippen LogP contribution in [-0.2, 0) is 0 Å². The molecule has 2 heteroatoms. The van der Waals surface area contributed by atoms with E-state index < -0.39 is 0 Å². The largest absolute Gasteiger partial charge is 0.495 e. The van der Waals surface area contributed by atoms with E-state index in [9.17, 15) is 0 Å². The first-order valence-electron chi connectivity index (χ1n) is 4.16. The van der Waals surface area contributed by atoms with Crippen LogP contribution in [0.2, 0.25) is 0 Å². The summed E-state index contributed by atoms with van der Waals surface area (Å²) in [5.41, 5.74) is 2.31. The van der Waals surface area contributed by atoms with Crippen molar-refractivity contribution in [2.75, 3.05) is 19.0 Å². The maximum Gasteiger partial charge on any atom is 0.141 e. The molecule has 0 aromatic heterocycles. The number of ether oxygens (including phenoxy) is 1. The Balaban J connectivity index is 2.95. The van der Waals surface area contributed by atoms with Crippen LogP contribution in [-0.4, -0.2) is 13.7 Å². The van der Waals surface area contributed by atoms with Crippen LogP contribution in [0.1, 0.15) is 12.5 Å². The molecule has 1 N–H and O–H groups in total. The minimum Gasteiger partial charge on any atom is -0.495 e. The maximum atomic E-state index is 5.19. The highest BCUT2D eigenvalue weighted by Gasteiger charge is 1.99. The van der Waals surface area contributed by atoms with E-state index in [0.717, 1.165) is 18.0 Å². The van der Waals surface area contributed by atoms with E-state index in [1.54, 1.807) is 7.11 Å². The summed E-state index contributed by atoms with van der Waals surface area (Å²) in [5.74, 6) is 0.905. The van der Waals surface area contributed by atoms with E-state index in [1.807, 2.05) is 12.1 Å². The minimum atomic E-state index is 0.905. The lowest BCUT2D eigenvalue weighted by Gasteiger charge is -2.09. The average Bonchev–Trinajstić information content (AvgIpc) is 2.05. The van der Waals surface area contributed by atoms with Gasteiger partial charge in [0.1, 0.15) is 5.75 Å². The Kier molecular flexibility index (Phi) is 2.97. The van der Waals surface area contributed by atoms with Crippen molar-refractivity contribution < 1.29 is 4.74 Å². The molecule has 0 amide bonds. The van der Waals surface area contributed by atoms with E-state index in [4.69, 9.17) is 4.74 Å². The molecule has 0 saturated carbocycles. The second-order valence-corrected chi connectivity index (χ2v) is 2.73. The van der Waals surface area contributed by atoms with Crippen LogP contribution in [0.5, 0.6) is 5.75 Å². The Hall–Kier alpha value is -1.18. The monoisotopic (exact) mass is 165 g/mol. The van der Waals surface area contributed by atoms with Crippen molar-refractivity contribution in [1.82, 2.24) is 0 Å². The lowest BCUT2D eigenvalue weighted by atomic mass is 10.2. The van der Waals surface area contributed by atoms with Gasteiger partial charge in [-0.3, -0.25) is 0 Å². The van der Waals surface area contributed by atoms with Gasteiger partial charge in [0.05, 0.1) is 12.8 Å². The van der Waals surface area contributed by atoms with Gasteiger partial charge >= 0.3 is 0 Å². The lowest BCUT2D eigenvalue weighted by molar-refractivity contribution is 0.416. The van der Waals surface area contributed by atoms with Gasteiger partial charge in [-0.05, 0) is 31.5 Å². The maximum absolute atomic E-state index is 5.19. The van der Waals surface area contributed by atoms with Gasteiger partial charge in [-0.2, -0.15) is 0 Å². The zero-order valence-electron chi connectivity index (χ0n) is 7.85. The van der Waals surface area contributed by atoms with E-state index in [0.29, 0.717) is 0 Å². The third-order valence-electron chi connectivity index (χ3n) is 1.72. The number of anilines is 1. The highest BCUT2D eigenvalue weighted by molar-refractivity contribution is 5.57. The summed E-state index contributed by atoms with van der Waals surface area (Å²) >= 11 is 0. The van der Waals surface area contributed by atoms with Crippen LogP contribution >= 0.6 is 0 Å². The summed E-state index contributed by atoms with van der Waals surface area (Å²) in [6, 6.07) is 6.11. The molecule has 0 aliphatic carbocycles. The summed E-state index contributed by atoms with van der Waals surface area (Å²) in [6.45, 7) is 5.06. The second-order valence-electron chi connectivity index (χ2n) is 2.73. The van der Waals surface area contributed by atoms with Crippen LogP contribution in [0, 0.1) is 6.92 Å². The van der Waals surface area contributed by atoms with Crippen molar-refractivity contribution in [3.8, 4) is 5.75 Å². The first-order valence-corrected chi connectivity index (χ1v) is 4.16. The molecule has 0 heterocycles. The molecule has 0 spiro atoms. The Bertz CT molecular complexity index is 258. The van der Waals surface area contributed by atoms with E-state index in [1.165, 1.54) is 5.56 Å². The smallest absolute Gasteiger partial charge is 0.141 e. The topological polar surface area (TPSA) is 21.3 Å². The predicted octanol–water partition coefficient (Wildman–Crippen LogP) is 2.44. The molecule has 0 atom stereocenters. The molecular formula is C10H15NO. The average molecular weight is 165 g/mol. The summed E-state index contributed by atoms with van der Waals surface area (Å²) in [5, 5.41) is 3.24. The molecule has 0 saturated heterocycles. The van der Waals surface area contributed by atoms with Crippen molar-refractivity contribution in [2.24, 2.45) is 0 Å². The predicted molar refractivity (Wildman–Crippen MR) is 51.9 cm³/mol. The van der Waals surface area contributed by atoms with E-state index in [2.05, 4.69) is 25.2 Å². The lowest BCUT2D eigenvalue weighted by Crippen LogP contribution is -1.99. The van der Waals surface area contributed by atoms with E-state index >= 15 is 0 Å². The van der Waals surface area contributed by atoms with Crippen molar-refractivity contribution in [2.45, 2.75) is 13.8 Å². The number of aryl methyl sites for hydroxylation is 1. The normalized spacial score (nSPS) is 9.58. The van der Waals surface area contributed by atoms with Gasteiger partial charge in [0, 0.05) is 6.54 Å². The molecule has 0 radical (unpaired) electrons. The van der Waals surface area contributed by atoms with Crippen molar-refractivity contribution in [1.29, 1.82) is 0 Å². The highest BCUT2D eigenvalue weighted by atomic mass is 16.5. The minimum absolute atomic E-state index is 0.905. The van der Waals surface area contributed by atoms with Gasteiger partial charge in [-0.15, -0.1) is 0 Å². The molecule has 1 aromatic carbocycles. The van der Waals surface area contributed by atoms with Crippen molar-refractivity contribution >= 4 is 5.69 Å². The fourth-order valence-electron chi connectivity index (χ4n) is 1.15. The Morgan fingerprint density at radius 2 is 2.17 bits per heavy atom. The first kappa shape index (κ1) is 8.91. The molecule has 1 rings (SSSR count). The van der Waals surface area contributed by atoms with Gasteiger partial charge in [0.25, 0.3) is 0 Å². The molecule has 0 unspecified atom stereocenters. The van der Waals surface area contributed by atoms with Gasteiger partial charge < -0.3 is 10.1 Å². The molecule has 2 nitrogen and oxygen atoms in total. The number of benzene rings is 1. The number of hydrogen-bond donors (Lipinski definition) is 1. The molecule has 1 aromatic rings. The summed E-state index contributed by atoms with van der Waals surface area (Å²) in [6.07, 6.45) is 0. The molecule has 0 aliphatic rings. The Morgan fingerprint density at radius 1 is 1.42 bits per heavy atom. The Morgan fingerprint density at radius 3 is 2.75 bits per heavy atom. The van der Waals surface area contributed by atoms with Gasteiger partial charge in [-0.25, -0.2) is 0 Å². The zero-order chi connectivity index (χ0) is 8.97. The van der Waals surface area contributed by atoms with E-state index in [-0.39, 0.29) is 0 Å². The van der Waals surface area contributed by atoms with Crippen LogP contribution in [0.15, 0.2) is 18.2 Å². The summed E-state index contributed by atoms with van der Waals surface area (Å²) in [7, 11) is 1.69. The molecule has 0 fully saturated rings. The van der Waals surface area contributed by atoms with Gasteiger partial charge in [-0.1, -0.05) is 6.07 Å². The fourth-order valence-corrected chi connectivity index (χ4v) is 1.15. The quantitative estimate of drug-likeness (QED) is 0.742. The van der Waals surface area contributed by atoms with Gasteiger partial charge in [0.2, 0.25) is 0 Å². The highest BCUT2D eigenvalue weighted by Crippen LogP contribution is 2.24.